The molecule has 0 aromatic heterocycles. The number of anilines is 1. The average Bonchev–Trinajstić information content (AvgIpc) is 2.12. The molecule has 0 radical (unpaired) electrons. The van der Waals surface area contributed by atoms with Gasteiger partial charge < -0.3 is 10.8 Å². The molecule has 2 rings (SSSR count). The fourth-order valence-electron chi connectivity index (χ4n) is 1.51. The number of benzene rings is 2. The van der Waals surface area contributed by atoms with Crippen LogP contribution in [-0.4, -0.2) is 5.11 Å². The Balaban J connectivity index is 2.94. The lowest BCUT2D eigenvalue weighted by Gasteiger charge is -2.06. The number of rotatable bonds is 0. The third kappa shape index (κ3) is 1.11. The van der Waals surface area contributed by atoms with Gasteiger partial charge in [0, 0.05) is 11.1 Å². The number of hydrogen-bond acceptors (Lipinski definition) is 2. The molecule has 0 aliphatic heterocycles. The van der Waals surface area contributed by atoms with Crippen LogP contribution >= 0.6 is 0 Å². The van der Waals surface area contributed by atoms with Gasteiger partial charge in [0.1, 0.15) is 5.75 Å². The molecule has 0 saturated heterocycles. The molecule has 2 aromatic carbocycles. The zero-order valence-electron chi connectivity index (χ0n) is 7.41. The summed E-state index contributed by atoms with van der Waals surface area (Å²) in [6, 6.07) is 9.12. The van der Waals surface area contributed by atoms with E-state index in [2.05, 4.69) is 0 Å². The van der Waals surface area contributed by atoms with Gasteiger partial charge in [0.15, 0.2) is 0 Å². The summed E-state index contributed by atoms with van der Waals surface area (Å²) < 4.78 is 0. The SMILES string of the molecule is Cc1c(N)ccc2c(O)cccc12. The van der Waals surface area contributed by atoms with Crippen molar-refractivity contribution in [1.29, 1.82) is 0 Å². The molecule has 0 bridgehead atoms. The molecule has 2 heteroatoms. The van der Waals surface area contributed by atoms with Crippen molar-refractivity contribution in [2.24, 2.45) is 0 Å². The summed E-state index contributed by atoms with van der Waals surface area (Å²) in [4.78, 5) is 0. The van der Waals surface area contributed by atoms with Crippen molar-refractivity contribution in [1.82, 2.24) is 0 Å². The minimum atomic E-state index is 0.306. The second-order valence-corrected chi connectivity index (χ2v) is 3.15. The van der Waals surface area contributed by atoms with Crippen molar-refractivity contribution in [2.75, 3.05) is 5.73 Å². The zero-order chi connectivity index (χ0) is 9.42. The lowest BCUT2D eigenvalue weighted by Crippen LogP contribution is -1.89. The number of fused-ring (bicyclic) bond motifs is 1. The van der Waals surface area contributed by atoms with Gasteiger partial charge in [-0.3, -0.25) is 0 Å². The highest BCUT2D eigenvalue weighted by Gasteiger charge is 2.02. The number of phenolic OH excluding ortho intramolecular Hbond substituents is 1. The Labute approximate surface area is 76.6 Å². The summed E-state index contributed by atoms with van der Waals surface area (Å²) in [5, 5.41) is 11.4. The molecule has 0 spiro atoms. The largest absolute Gasteiger partial charge is 0.507 e. The van der Waals surface area contributed by atoms with Gasteiger partial charge in [-0.15, -0.1) is 0 Å². The van der Waals surface area contributed by atoms with Gasteiger partial charge >= 0.3 is 0 Å². The third-order valence-corrected chi connectivity index (χ3v) is 2.35. The highest BCUT2D eigenvalue weighted by Crippen LogP contribution is 2.29. The molecule has 0 atom stereocenters. The second-order valence-electron chi connectivity index (χ2n) is 3.15. The Kier molecular flexibility index (Phi) is 1.62. The molecule has 2 aromatic rings. The van der Waals surface area contributed by atoms with E-state index in [-0.39, 0.29) is 0 Å². The number of phenols is 1. The molecular weight excluding hydrogens is 162 g/mol. The highest BCUT2D eigenvalue weighted by atomic mass is 16.3. The average molecular weight is 173 g/mol. The number of aromatic hydroxyl groups is 1. The summed E-state index contributed by atoms with van der Waals surface area (Å²) in [6.07, 6.45) is 0. The van der Waals surface area contributed by atoms with Crippen LogP contribution in [0.15, 0.2) is 30.3 Å². The quantitative estimate of drug-likeness (QED) is 0.601. The van der Waals surface area contributed by atoms with Crippen LogP contribution in [0.3, 0.4) is 0 Å². The van der Waals surface area contributed by atoms with E-state index < -0.39 is 0 Å². The van der Waals surface area contributed by atoms with Crippen LogP contribution in [0, 0.1) is 6.92 Å². The fraction of sp³-hybridized carbons (Fsp3) is 0.0909. The Morgan fingerprint density at radius 3 is 2.62 bits per heavy atom. The third-order valence-electron chi connectivity index (χ3n) is 2.35. The lowest BCUT2D eigenvalue weighted by molar-refractivity contribution is 0.481. The van der Waals surface area contributed by atoms with E-state index in [4.69, 9.17) is 5.73 Å². The highest BCUT2D eigenvalue weighted by molar-refractivity contribution is 5.93. The Hall–Kier alpha value is -1.70. The van der Waals surface area contributed by atoms with Crippen molar-refractivity contribution >= 4 is 16.5 Å². The van der Waals surface area contributed by atoms with Crippen molar-refractivity contribution in [3.63, 3.8) is 0 Å². The maximum absolute atomic E-state index is 9.55. The van der Waals surface area contributed by atoms with Gasteiger partial charge in [-0.05, 0) is 36.1 Å². The molecule has 66 valence electrons. The van der Waals surface area contributed by atoms with E-state index in [0.717, 1.165) is 22.0 Å². The van der Waals surface area contributed by atoms with Crippen LogP contribution in [-0.2, 0) is 0 Å². The van der Waals surface area contributed by atoms with Gasteiger partial charge in [-0.1, -0.05) is 12.1 Å². The van der Waals surface area contributed by atoms with E-state index in [0.29, 0.717) is 5.75 Å². The minimum Gasteiger partial charge on any atom is -0.507 e. The lowest BCUT2D eigenvalue weighted by atomic mass is 10.0. The van der Waals surface area contributed by atoms with Crippen LogP contribution < -0.4 is 5.73 Å². The molecule has 2 nitrogen and oxygen atoms in total. The summed E-state index contributed by atoms with van der Waals surface area (Å²) in [5.74, 6) is 0.306. The zero-order valence-corrected chi connectivity index (χ0v) is 7.41. The van der Waals surface area contributed by atoms with E-state index in [1.165, 1.54) is 0 Å². The van der Waals surface area contributed by atoms with Gasteiger partial charge in [-0.25, -0.2) is 0 Å². The van der Waals surface area contributed by atoms with Crippen LogP contribution in [0.2, 0.25) is 0 Å². The van der Waals surface area contributed by atoms with Gasteiger partial charge in [0.05, 0.1) is 0 Å². The van der Waals surface area contributed by atoms with Crippen molar-refractivity contribution in [3.8, 4) is 5.75 Å². The molecule has 0 aliphatic carbocycles. The standard InChI is InChI=1S/C11H11NO/c1-7-8-3-2-4-11(13)9(8)5-6-10(7)12/h2-6,13H,12H2,1H3. The van der Waals surface area contributed by atoms with Crippen LogP contribution in [0.5, 0.6) is 5.75 Å². The van der Waals surface area contributed by atoms with Gasteiger partial charge in [0.2, 0.25) is 0 Å². The Morgan fingerprint density at radius 2 is 1.85 bits per heavy atom. The first-order valence-electron chi connectivity index (χ1n) is 4.17. The van der Waals surface area contributed by atoms with Crippen LogP contribution in [0.4, 0.5) is 5.69 Å². The molecular formula is C11H11NO. The second kappa shape index (κ2) is 2.66. The maximum Gasteiger partial charge on any atom is 0.123 e. The van der Waals surface area contributed by atoms with Crippen LogP contribution in [0.25, 0.3) is 10.8 Å². The maximum atomic E-state index is 9.55. The normalized spacial score (nSPS) is 10.5. The minimum absolute atomic E-state index is 0.306. The summed E-state index contributed by atoms with van der Waals surface area (Å²) >= 11 is 0. The smallest absolute Gasteiger partial charge is 0.123 e. The number of nitrogen functional groups attached to an aromatic ring is 1. The predicted molar refractivity (Wildman–Crippen MR) is 54.8 cm³/mol. The summed E-state index contributed by atoms with van der Waals surface area (Å²) in [5.41, 5.74) is 7.54. The molecule has 3 N–H and O–H groups in total. The molecule has 0 heterocycles. The number of nitrogens with two attached hydrogens (primary N) is 1. The predicted octanol–water partition coefficient (Wildman–Crippen LogP) is 2.44. The molecule has 0 amide bonds. The Bertz CT molecular complexity index is 463. The first-order valence-corrected chi connectivity index (χ1v) is 4.17. The molecule has 0 unspecified atom stereocenters. The molecule has 0 aliphatic rings. The van der Waals surface area contributed by atoms with Gasteiger partial charge in [-0.2, -0.15) is 0 Å². The van der Waals surface area contributed by atoms with E-state index in [9.17, 15) is 5.11 Å². The Morgan fingerprint density at radius 1 is 1.08 bits per heavy atom. The summed E-state index contributed by atoms with van der Waals surface area (Å²) in [7, 11) is 0. The first-order chi connectivity index (χ1) is 6.20. The van der Waals surface area contributed by atoms with E-state index in [1.54, 1.807) is 6.07 Å². The molecule has 0 fully saturated rings. The van der Waals surface area contributed by atoms with E-state index >= 15 is 0 Å². The van der Waals surface area contributed by atoms with Crippen LogP contribution in [0.1, 0.15) is 5.56 Å². The topological polar surface area (TPSA) is 46.2 Å². The van der Waals surface area contributed by atoms with Crippen molar-refractivity contribution in [2.45, 2.75) is 6.92 Å². The van der Waals surface area contributed by atoms with E-state index in [1.807, 2.05) is 31.2 Å². The molecule has 13 heavy (non-hydrogen) atoms. The fourth-order valence-corrected chi connectivity index (χ4v) is 1.51. The number of hydrogen-bond donors (Lipinski definition) is 2. The van der Waals surface area contributed by atoms with Crippen molar-refractivity contribution in [3.05, 3.63) is 35.9 Å². The first kappa shape index (κ1) is 7.92. The number of aryl methyl sites for hydroxylation is 1. The monoisotopic (exact) mass is 173 g/mol. The van der Waals surface area contributed by atoms with Crippen molar-refractivity contribution < 1.29 is 5.11 Å². The summed E-state index contributed by atoms with van der Waals surface area (Å²) in [6.45, 7) is 1.96. The van der Waals surface area contributed by atoms with Gasteiger partial charge in [0.25, 0.3) is 0 Å². The molecule has 0 saturated carbocycles.